The first-order valence-electron chi connectivity index (χ1n) is 4.78. The van der Waals surface area contributed by atoms with Gasteiger partial charge in [0.2, 0.25) is 11.8 Å². The smallest absolute Gasteiger partial charge is 0.240 e. The van der Waals surface area contributed by atoms with Crippen molar-refractivity contribution in [3.05, 3.63) is 29.8 Å². The van der Waals surface area contributed by atoms with Gasteiger partial charge >= 0.3 is 0 Å². The second-order valence-corrected chi connectivity index (χ2v) is 3.64. The Morgan fingerprint density at radius 3 is 2.67 bits per heavy atom. The lowest BCUT2D eigenvalue weighted by Gasteiger charge is -2.21. The fraction of sp³-hybridized carbons (Fsp3) is 0.273. The number of rotatable bonds is 1. The van der Waals surface area contributed by atoms with Crippen LogP contribution in [0.5, 0.6) is 0 Å². The normalized spacial score (nSPS) is 18.7. The molecule has 2 N–H and O–H groups in total. The van der Waals surface area contributed by atoms with Crippen molar-refractivity contribution < 1.29 is 9.59 Å². The number of nitrogens with zero attached hydrogens (tertiary/aromatic N) is 1. The molecule has 0 bridgehead atoms. The third-order valence-corrected chi connectivity index (χ3v) is 2.64. The summed E-state index contributed by atoms with van der Waals surface area (Å²) in [5.74, 6) is -0.606. The maximum atomic E-state index is 11.4. The van der Waals surface area contributed by atoms with Crippen LogP contribution in [0.2, 0.25) is 0 Å². The van der Waals surface area contributed by atoms with Crippen LogP contribution < -0.4 is 10.6 Å². The number of amides is 2. The van der Waals surface area contributed by atoms with Crippen molar-refractivity contribution in [3.8, 4) is 0 Å². The van der Waals surface area contributed by atoms with Crippen molar-refractivity contribution in [1.29, 1.82) is 0 Å². The Morgan fingerprint density at radius 1 is 1.40 bits per heavy atom. The van der Waals surface area contributed by atoms with Crippen molar-refractivity contribution in [2.45, 2.75) is 19.4 Å². The predicted octanol–water partition coefficient (Wildman–Crippen LogP) is 0.450. The van der Waals surface area contributed by atoms with Gasteiger partial charge in [0.05, 0.1) is 0 Å². The van der Waals surface area contributed by atoms with E-state index in [1.165, 1.54) is 11.8 Å². The average molecular weight is 204 g/mol. The number of anilines is 1. The minimum atomic E-state index is -0.528. The van der Waals surface area contributed by atoms with Gasteiger partial charge in [-0.25, -0.2) is 0 Å². The largest absolute Gasteiger partial charge is 0.368 e. The van der Waals surface area contributed by atoms with E-state index in [-0.39, 0.29) is 5.91 Å². The van der Waals surface area contributed by atoms with E-state index in [2.05, 4.69) is 0 Å². The van der Waals surface area contributed by atoms with E-state index in [1.807, 2.05) is 24.3 Å². The van der Waals surface area contributed by atoms with Gasteiger partial charge in [-0.1, -0.05) is 18.2 Å². The Bertz CT molecular complexity index is 428. The highest BCUT2D eigenvalue weighted by atomic mass is 16.2. The number of benzene rings is 1. The van der Waals surface area contributed by atoms with Gasteiger partial charge < -0.3 is 5.73 Å². The van der Waals surface area contributed by atoms with Crippen molar-refractivity contribution in [1.82, 2.24) is 0 Å². The van der Waals surface area contributed by atoms with Gasteiger partial charge in [-0.15, -0.1) is 0 Å². The fourth-order valence-electron chi connectivity index (χ4n) is 2.00. The number of hydrogen-bond donors (Lipinski definition) is 1. The molecule has 4 heteroatoms. The quantitative estimate of drug-likeness (QED) is 0.721. The van der Waals surface area contributed by atoms with E-state index >= 15 is 0 Å². The minimum absolute atomic E-state index is 0.149. The Hall–Kier alpha value is -1.84. The number of nitrogens with two attached hydrogens (primary N) is 1. The predicted molar refractivity (Wildman–Crippen MR) is 56.3 cm³/mol. The Balaban J connectivity index is 2.46. The summed E-state index contributed by atoms with van der Waals surface area (Å²) in [6.45, 7) is 1.44. The lowest BCUT2D eigenvalue weighted by atomic mass is 10.1. The molecule has 0 saturated heterocycles. The molecule has 15 heavy (non-hydrogen) atoms. The number of carbonyl (C=O) groups excluding carboxylic acids is 2. The molecule has 4 nitrogen and oxygen atoms in total. The molecule has 2 rings (SSSR count). The molecule has 0 fully saturated rings. The van der Waals surface area contributed by atoms with Crippen LogP contribution in [-0.2, 0) is 16.0 Å². The molecule has 2 amide bonds. The molecule has 0 aromatic heterocycles. The molecule has 0 aliphatic carbocycles. The molecule has 0 saturated carbocycles. The minimum Gasteiger partial charge on any atom is -0.368 e. The molecule has 1 aromatic carbocycles. The van der Waals surface area contributed by atoms with Gasteiger partial charge in [-0.05, 0) is 11.6 Å². The first-order valence-corrected chi connectivity index (χ1v) is 4.78. The van der Waals surface area contributed by atoms with Crippen molar-refractivity contribution in [3.63, 3.8) is 0 Å². The standard InChI is InChI=1S/C11H12N2O2/c1-7(14)13-9-5-3-2-4-8(9)6-10(13)11(12)15/h2-5,10H,6H2,1H3,(H2,12,15)/t10-/m0/s1. The zero-order valence-corrected chi connectivity index (χ0v) is 8.43. The summed E-state index contributed by atoms with van der Waals surface area (Å²) < 4.78 is 0. The summed E-state index contributed by atoms with van der Waals surface area (Å²) in [5.41, 5.74) is 7.07. The summed E-state index contributed by atoms with van der Waals surface area (Å²) in [5, 5.41) is 0. The number of para-hydroxylation sites is 1. The topological polar surface area (TPSA) is 63.4 Å². The summed E-state index contributed by atoms with van der Waals surface area (Å²) in [7, 11) is 0. The second kappa shape index (κ2) is 3.38. The van der Waals surface area contributed by atoms with E-state index in [1.54, 1.807) is 0 Å². The molecule has 1 heterocycles. The van der Waals surface area contributed by atoms with E-state index in [9.17, 15) is 9.59 Å². The maximum Gasteiger partial charge on any atom is 0.240 e. The molecule has 1 aromatic rings. The van der Waals surface area contributed by atoms with E-state index in [0.29, 0.717) is 6.42 Å². The van der Waals surface area contributed by atoms with E-state index in [0.717, 1.165) is 11.3 Å². The molecule has 1 aliphatic heterocycles. The van der Waals surface area contributed by atoms with Crippen LogP contribution in [-0.4, -0.2) is 17.9 Å². The molecular formula is C11H12N2O2. The Kier molecular flexibility index (Phi) is 2.19. The molecule has 78 valence electrons. The van der Waals surface area contributed by atoms with Crippen LogP contribution in [0.4, 0.5) is 5.69 Å². The summed E-state index contributed by atoms with van der Waals surface area (Å²) in [4.78, 5) is 24.1. The molecule has 1 aliphatic rings. The molecule has 0 unspecified atom stereocenters. The summed E-state index contributed by atoms with van der Waals surface area (Å²) >= 11 is 0. The van der Waals surface area contributed by atoms with Crippen LogP contribution in [0, 0.1) is 0 Å². The van der Waals surface area contributed by atoms with Gasteiger partial charge in [0.15, 0.2) is 0 Å². The zero-order valence-electron chi connectivity index (χ0n) is 8.43. The average Bonchev–Trinajstić information content (AvgIpc) is 2.56. The third-order valence-electron chi connectivity index (χ3n) is 2.64. The van der Waals surface area contributed by atoms with Crippen molar-refractivity contribution >= 4 is 17.5 Å². The van der Waals surface area contributed by atoms with Crippen molar-refractivity contribution in [2.75, 3.05) is 4.90 Å². The van der Waals surface area contributed by atoms with Crippen LogP contribution in [0.1, 0.15) is 12.5 Å². The monoisotopic (exact) mass is 204 g/mol. The Labute approximate surface area is 87.7 Å². The molecule has 1 atom stereocenters. The highest BCUT2D eigenvalue weighted by Crippen LogP contribution is 2.31. The fourth-order valence-corrected chi connectivity index (χ4v) is 2.00. The zero-order chi connectivity index (χ0) is 11.0. The van der Waals surface area contributed by atoms with Crippen LogP contribution in [0.3, 0.4) is 0 Å². The van der Waals surface area contributed by atoms with E-state index in [4.69, 9.17) is 5.73 Å². The van der Waals surface area contributed by atoms with E-state index < -0.39 is 11.9 Å². The van der Waals surface area contributed by atoms with Gasteiger partial charge in [0, 0.05) is 19.0 Å². The van der Waals surface area contributed by atoms with Gasteiger partial charge in [-0.2, -0.15) is 0 Å². The number of fused-ring (bicyclic) bond motifs is 1. The summed E-state index contributed by atoms with van der Waals surface area (Å²) in [6, 6.07) is 6.95. The second-order valence-electron chi connectivity index (χ2n) is 3.64. The molecule has 0 radical (unpaired) electrons. The van der Waals surface area contributed by atoms with Crippen LogP contribution in [0.25, 0.3) is 0 Å². The van der Waals surface area contributed by atoms with Crippen molar-refractivity contribution in [2.24, 2.45) is 5.73 Å². The lowest BCUT2D eigenvalue weighted by molar-refractivity contribution is -0.123. The molecule has 0 spiro atoms. The summed E-state index contributed by atoms with van der Waals surface area (Å²) in [6.07, 6.45) is 0.519. The first kappa shape index (κ1) is 9.71. The number of hydrogen-bond acceptors (Lipinski definition) is 2. The Morgan fingerprint density at radius 2 is 2.07 bits per heavy atom. The van der Waals surface area contributed by atoms with Crippen LogP contribution >= 0.6 is 0 Å². The third kappa shape index (κ3) is 1.48. The van der Waals surface area contributed by atoms with Gasteiger partial charge in [-0.3, -0.25) is 14.5 Å². The number of carbonyl (C=O) groups is 2. The van der Waals surface area contributed by atoms with Gasteiger partial charge in [0.25, 0.3) is 0 Å². The molecular weight excluding hydrogens is 192 g/mol. The SMILES string of the molecule is CC(=O)N1c2ccccc2C[C@H]1C(N)=O. The lowest BCUT2D eigenvalue weighted by Crippen LogP contribution is -2.45. The number of primary amides is 1. The van der Waals surface area contributed by atoms with Crippen LogP contribution in [0.15, 0.2) is 24.3 Å². The maximum absolute atomic E-state index is 11.4. The first-order chi connectivity index (χ1) is 7.11. The highest BCUT2D eigenvalue weighted by molar-refractivity contribution is 6.02. The van der Waals surface area contributed by atoms with Gasteiger partial charge in [0.1, 0.15) is 6.04 Å². The highest BCUT2D eigenvalue weighted by Gasteiger charge is 2.35.